The second kappa shape index (κ2) is 6.96. The molecule has 8 nitrogen and oxygen atoms in total. The molecule has 1 aliphatic rings. The van der Waals surface area contributed by atoms with Crippen LogP contribution >= 0.6 is 11.6 Å². The predicted molar refractivity (Wildman–Crippen MR) is 97.7 cm³/mol. The molecule has 27 heavy (non-hydrogen) atoms. The number of fused-ring (bicyclic) bond motifs is 1. The van der Waals surface area contributed by atoms with Gasteiger partial charge in [-0.15, -0.1) is 0 Å². The van der Waals surface area contributed by atoms with E-state index >= 15 is 0 Å². The van der Waals surface area contributed by atoms with Crippen molar-refractivity contribution >= 4 is 23.2 Å². The summed E-state index contributed by atoms with van der Waals surface area (Å²) in [6, 6.07) is 3.17. The Labute approximate surface area is 160 Å². The first-order valence-corrected chi connectivity index (χ1v) is 8.74. The summed E-state index contributed by atoms with van der Waals surface area (Å²) in [5.41, 5.74) is 2.64. The van der Waals surface area contributed by atoms with Crippen LogP contribution in [0.5, 0.6) is 11.5 Å². The zero-order valence-electron chi connectivity index (χ0n) is 14.8. The maximum absolute atomic E-state index is 12.6. The lowest BCUT2D eigenvalue weighted by Crippen LogP contribution is -2.17. The van der Waals surface area contributed by atoms with Crippen LogP contribution in [-0.2, 0) is 6.54 Å². The highest BCUT2D eigenvalue weighted by Gasteiger charge is 2.19. The maximum Gasteiger partial charge on any atom is 0.257 e. The van der Waals surface area contributed by atoms with Crippen LogP contribution in [0.1, 0.15) is 27.4 Å². The minimum Gasteiger partial charge on any atom is -0.486 e. The number of ether oxygens (including phenoxy) is 2. The van der Waals surface area contributed by atoms with E-state index in [0.29, 0.717) is 47.5 Å². The molecule has 1 amide bonds. The number of hydrogen-bond donors (Lipinski definition) is 1. The van der Waals surface area contributed by atoms with Crippen molar-refractivity contribution in [1.82, 2.24) is 14.9 Å². The average molecular weight is 389 g/mol. The van der Waals surface area contributed by atoms with Crippen molar-refractivity contribution in [3.63, 3.8) is 0 Å². The minimum atomic E-state index is -0.353. The Hall–Kier alpha value is -3.00. The number of anilines is 1. The standard InChI is InChI=1S/C18H17ClN4O4/c1-10-14(11(2)27-22-10)9-23-8-12(7-20-23)21-18(24)13-5-16-17(6-15(13)19)26-4-3-25-16/h5-8H,3-4,9H2,1-2H3,(H,21,24). The first-order chi connectivity index (χ1) is 13.0. The molecule has 0 aliphatic carbocycles. The van der Waals surface area contributed by atoms with Crippen molar-refractivity contribution in [2.24, 2.45) is 0 Å². The molecule has 0 saturated carbocycles. The molecule has 0 radical (unpaired) electrons. The zero-order chi connectivity index (χ0) is 19.0. The monoisotopic (exact) mass is 388 g/mol. The van der Waals surface area contributed by atoms with Crippen molar-refractivity contribution in [1.29, 1.82) is 0 Å². The number of benzene rings is 1. The fourth-order valence-electron chi connectivity index (χ4n) is 2.84. The zero-order valence-corrected chi connectivity index (χ0v) is 15.5. The summed E-state index contributed by atoms with van der Waals surface area (Å²) < 4.78 is 17.8. The number of nitrogens with one attached hydrogen (secondary N) is 1. The van der Waals surface area contributed by atoms with E-state index in [4.69, 9.17) is 25.6 Å². The van der Waals surface area contributed by atoms with Crippen LogP contribution in [0.25, 0.3) is 0 Å². The van der Waals surface area contributed by atoms with Gasteiger partial charge in [-0.2, -0.15) is 5.10 Å². The van der Waals surface area contributed by atoms with Gasteiger partial charge in [-0.3, -0.25) is 9.48 Å². The highest BCUT2D eigenvalue weighted by Crippen LogP contribution is 2.35. The SMILES string of the molecule is Cc1noc(C)c1Cn1cc(NC(=O)c2cc3c(cc2Cl)OCCO3)cn1. The van der Waals surface area contributed by atoms with E-state index in [-0.39, 0.29) is 5.91 Å². The van der Waals surface area contributed by atoms with Crippen molar-refractivity contribution < 1.29 is 18.8 Å². The molecule has 140 valence electrons. The number of rotatable bonds is 4. The number of aromatic nitrogens is 3. The number of carbonyl (C=O) groups is 1. The molecular weight excluding hydrogens is 372 g/mol. The molecule has 2 aromatic heterocycles. The second-order valence-corrected chi connectivity index (χ2v) is 6.57. The largest absolute Gasteiger partial charge is 0.486 e. The van der Waals surface area contributed by atoms with Gasteiger partial charge in [0, 0.05) is 17.8 Å². The van der Waals surface area contributed by atoms with Gasteiger partial charge in [-0.1, -0.05) is 16.8 Å². The normalized spacial score (nSPS) is 12.9. The molecule has 4 rings (SSSR count). The molecule has 0 atom stereocenters. The molecule has 1 aromatic carbocycles. The summed E-state index contributed by atoms with van der Waals surface area (Å²) in [4.78, 5) is 12.6. The first kappa shape index (κ1) is 17.4. The minimum absolute atomic E-state index is 0.292. The fraction of sp³-hybridized carbons (Fsp3) is 0.278. The average Bonchev–Trinajstić information content (AvgIpc) is 3.22. The molecule has 0 spiro atoms. The van der Waals surface area contributed by atoms with Crippen LogP contribution in [0, 0.1) is 13.8 Å². The van der Waals surface area contributed by atoms with Gasteiger partial charge < -0.3 is 19.3 Å². The van der Waals surface area contributed by atoms with Gasteiger partial charge in [0.05, 0.1) is 34.7 Å². The van der Waals surface area contributed by atoms with Gasteiger partial charge in [0.25, 0.3) is 5.91 Å². The summed E-state index contributed by atoms with van der Waals surface area (Å²) in [5, 5.41) is 11.3. The Morgan fingerprint density at radius 3 is 2.70 bits per heavy atom. The summed E-state index contributed by atoms with van der Waals surface area (Å²) in [7, 11) is 0. The smallest absolute Gasteiger partial charge is 0.257 e. The van der Waals surface area contributed by atoms with Crippen LogP contribution < -0.4 is 14.8 Å². The number of hydrogen-bond acceptors (Lipinski definition) is 6. The Bertz CT molecular complexity index is 991. The molecule has 1 N–H and O–H groups in total. The van der Waals surface area contributed by atoms with Crippen LogP contribution in [0.15, 0.2) is 29.0 Å². The van der Waals surface area contributed by atoms with Crippen LogP contribution in [0.2, 0.25) is 5.02 Å². The number of halogens is 1. The van der Waals surface area contributed by atoms with Gasteiger partial charge in [0.1, 0.15) is 19.0 Å². The molecule has 1 aliphatic heterocycles. The van der Waals surface area contributed by atoms with Gasteiger partial charge in [0.15, 0.2) is 11.5 Å². The molecular formula is C18H17ClN4O4. The maximum atomic E-state index is 12.6. The van der Waals surface area contributed by atoms with Crippen LogP contribution in [0.4, 0.5) is 5.69 Å². The molecule has 0 bridgehead atoms. The van der Waals surface area contributed by atoms with Gasteiger partial charge in [-0.25, -0.2) is 0 Å². The third kappa shape index (κ3) is 3.48. The van der Waals surface area contributed by atoms with E-state index < -0.39 is 0 Å². The lowest BCUT2D eigenvalue weighted by Gasteiger charge is -2.19. The lowest BCUT2D eigenvalue weighted by molar-refractivity contribution is 0.102. The van der Waals surface area contributed by atoms with Gasteiger partial charge in [-0.05, 0) is 19.9 Å². The quantitative estimate of drug-likeness (QED) is 0.737. The van der Waals surface area contributed by atoms with E-state index in [0.717, 1.165) is 17.0 Å². The molecule has 3 aromatic rings. The van der Waals surface area contributed by atoms with E-state index in [1.807, 2.05) is 13.8 Å². The number of carbonyl (C=O) groups excluding carboxylic acids is 1. The third-order valence-electron chi connectivity index (χ3n) is 4.27. The fourth-order valence-corrected chi connectivity index (χ4v) is 3.08. The van der Waals surface area contributed by atoms with E-state index in [1.54, 1.807) is 29.2 Å². The summed E-state index contributed by atoms with van der Waals surface area (Å²) in [6.45, 7) is 5.12. The van der Waals surface area contributed by atoms with Crippen LogP contribution in [-0.4, -0.2) is 34.1 Å². The third-order valence-corrected chi connectivity index (χ3v) is 4.58. The van der Waals surface area contributed by atoms with E-state index in [9.17, 15) is 4.79 Å². The summed E-state index contributed by atoms with van der Waals surface area (Å²) in [6.07, 6.45) is 3.30. The molecule has 3 heterocycles. The Balaban J connectivity index is 1.50. The van der Waals surface area contributed by atoms with Crippen LogP contribution in [0.3, 0.4) is 0 Å². The van der Waals surface area contributed by atoms with E-state index in [1.165, 1.54) is 0 Å². The molecule has 0 fully saturated rings. The highest BCUT2D eigenvalue weighted by atomic mass is 35.5. The molecule has 9 heteroatoms. The number of aryl methyl sites for hydroxylation is 2. The first-order valence-electron chi connectivity index (χ1n) is 8.36. The molecule has 0 unspecified atom stereocenters. The van der Waals surface area contributed by atoms with Crippen molar-refractivity contribution in [3.8, 4) is 11.5 Å². The summed E-state index contributed by atoms with van der Waals surface area (Å²) >= 11 is 6.22. The van der Waals surface area contributed by atoms with Crippen molar-refractivity contribution in [2.75, 3.05) is 18.5 Å². The van der Waals surface area contributed by atoms with Crippen molar-refractivity contribution in [3.05, 3.63) is 52.1 Å². The number of amides is 1. The Kier molecular flexibility index (Phi) is 4.49. The molecule has 0 saturated heterocycles. The van der Waals surface area contributed by atoms with E-state index in [2.05, 4.69) is 15.6 Å². The second-order valence-electron chi connectivity index (χ2n) is 6.16. The predicted octanol–water partition coefficient (Wildman–Crippen LogP) is 3.21. The summed E-state index contributed by atoms with van der Waals surface area (Å²) in [5.74, 6) is 1.44. The Morgan fingerprint density at radius 2 is 2.00 bits per heavy atom. The Morgan fingerprint density at radius 1 is 1.26 bits per heavy atom. The lowest BCUT2D eigenvalue weighted by atomic mass is 10.1. The topological polar surface area (TPSA) is 91.4 Å². The van der Waals surface area contributed by atoms with Gasteiger partial charge >= 0.3 is 0 Å². The highest BCUT2D eigenvalue weighted by molar-refractivity contribution is 6.34. The van der Waals surface area contributed by atoms with Gasteiger partial charge in [0.2, 0.25) is 0 Å². The van der Waals surface area contributed by atoms with Crippen molar-refractivity contribution in [2.45, 2.75) is 20.4 Å². The number of nitrogens with zero attached hydrogens (tertiary/aromatic N) is 3.